The Morgan fingerprint density at radius 2 is 1.27 bits per heavy atom. The summed E-state index contributed by atoms with van der Waals surface area (Å²) in [6, 6.07) is 0. The van der Waals surface area contributed by atoms with Crippen molar-refractivity contribution < 1.29 is 0 Å². The van der Waals surface area contributed by atoms with Crippen molar-refractivity contribution in [2.24, 2.45) is 29.1 Å². The highest BCUT2D eigenvalue weighted by molar-refractivity contribution is 4.97. The van der Waals surface area contributed by atoms with Gasteiger partial charge in [0, 0.05) is 0 Å². The Hall–Kier alpha value is 0. The van der Waals surface area contributed by atoms with E-state index in [4.69, 9.17) is 0 Å². The van der Waals surface area contributed by atoms with Crippen LogP contribution in [-0.4, -0.2) is 0 Å². The lowest BCUT2D eigenvalue weighted by Gasteiger charge is -2.53. The molecule has 0 saturated heterocycles. The molecular formula is C15H28. The molecule has 0 aromatic rings. The zero-order chi connectivity index (χ0) is 11.1. The second-order valence-corrected chi connectivity index (χ2v) is 6.99. The maximum atomic E-state index is 2.40. The Labute approximate surface area is 95.8 Å². The molecule has 0 bridgehead atoms. The lowest BCUT2D eigenvalue weighted by molar-refractivity contribution is -0.0253. The van der Waals surface area contributed by atoms with Gasteiger partial charge in [-0.1, -0.05) is 27.7 Å². The van der Waals surface area contributed by atoms with Crippen LogP contribution in [-0.2, 0) is 0 Å². The quantitative estimate of drug-likeness (QED) is 0.606. The zero-order valence-electron chi connectivity index (χ0n) is 11.1. The van der Waals surface area contributed by atoms with Gasteiger partial charge in [0.25, 0.3) is 0 Å². The molecule has 0 aromatic carbocycles. The predicted molar refractivity (Wildman–Crippen MR) is 66.8 cm³/mol. The summed E-state index contributed by atoms with van der Waals surface area (Å²) in [4.78, 5) is 0. The summed E-state index contributed by atoms with van der Waals surface area (Å²) in [5.41, 5.74) is 0.820. The van der Waals surface area contributed by atoms with E-state index in [1.165, 1.54) is 12.8 Å². The van der Waals surface area contributed by atoms with Crippen molar-refractivity contribution in [2.45, 2.75) is 66.2 Å². The van der Waals surface area contributed by atoms with Gasteiger partial charge in [0.15, 0.2) is 0 Å². The van der Waals surface area contributed by atoms with Crippen molar-refractivity contribution in [2.75, 3.05) is 0 Å². The largest absolute Gasteiger partial charge is 0.0625 e. The van der Waals surface area contributed by atoms with E-state index < -0.39 is 0 Å². The topological polar surface area (TPSA) is 0 Å². The molecule has 88 valence electrons. The van der Waals surface area contributed by atoms with Crippen molar-refractivity contribution in [3.8, 4) is 0 Å². The first kappa shape index (κ1) is 11.5. The average molecular weight is 208 g/mol. The van der Waals surface area contributed by atoms with E-state index in [0.29, 0.717) is 0 Å². The molecule has 2 rings (SSSR count). The van der Waals surface area contributed by atoms with Crippen LogP contribution >= 0.6 is 0 Å². The van der Waals surface area contributed by atoms with Crippen LogP contribution in [0.1, 0.15) is 66.2 Å². The minimum absolute atomic E-state index is 0.820. The van der Waals surface area contributed by atoms with E-state index >= 15 is 0 Å². The Morgan fingerprint density at radius 1 is 0.800 bits per heavy atom. The third-order valence-corrected chi connectivity index (χ3v) is 5.37. The van der Waals surface area contributed by atoms with E-state index in [0.717, 1.165) is 29.1 Å². The highest BCUT2D eigenvalue weighted by atomic mass is 14.5. The fourth-order valence-electron chi connectivity index (χ4n) is 3.85. The molecule has 0 N–H and O–H groups in total. The maximum Gasteiger partial charge on any atom is -0.0292 e. The molecule has 1 spiro atoms. The van der Waals surface area contributed by atoms with Gasteiger partial charge < -0.3 is 0 Å². The maximum absolute atomic E-state index is 2.40. The number of hydrogen-bond acceptors (Lipinski definition) is 0. The van der Waals surface area contributed by atoms with Crippen molar-refractivity contribution in [1.29, 1.82) is 0 Å². The molecule has 0 amide bonds. The monoisotopic (exact) mass is 208 g/mol. The molecule has 0 heterocycles. The Balaban J connectivity index is 1.80. The smallest absolute Gasteiger partial charge is 0.0292 e. The molecule has 0 heteroatoms. The van der Waals surface area contributed by atoms with Gasteiger partial charge in [0.1, 0.15) is 0 Å². The highest BCUT2D eigenvalue weighted by Gasteiger charge is 2.46. The normalized spacial score (nSPS) is 41.2. The van der Waals surface area contributed by atoms with Crippen LogP contribution in [0.5, 0.6) is 0 Å². The molecule has 2 aliphatic rings. The molecule has 0 aromatic heterocycles. The summed E-state index contributed by atoms with van der Waals surface area (Å²) in [7, 11) is 0. The summed E-state index contributed by atoms with van der Waals surface area (Å²) in [6.45, 7) is 9.61. The van der Waals surface area contributed by atoms with E-state index in [9.17, 15) is 0 Å². The minimum Gasteiger partial charge on any atom is -0.0625 e. The first-order chi connectivity index (χ1) is 7.02. The van der Waals surface area contributed by atoms with Crippen LogP contribution < -0.4 is 0 Å². The molecular weight excluding hydrogens is 180 g/mol. The van der Waals surface area contributed by atoms with Gasteiger partial charge in [0.2, 0.25) is 0 Å². The van der Waals surface area contributed by atoms with Crippen LogP contribution in [0.2, 0.25) is 0 Å². The Morgan fingerprint density at radius 3 is 1.67 bits per heavy atom. The van der Waals surface area contributed by atoms with Gasteiger partial charge >= 0.3 is 0 Å². The van der Waals surface area contributed by atoms with E-state index in [1.807, 2.05) is 0 Å². The first-order valence-electron chi connectivity index (χ1n) is 7.02. The van der Waals surface area contributed by atoms with Crippen molar-refractivity contribution in [1.82, 2.24) is 0 Å². The second-order valence-electron chi connectivity index (χ2n) is 6.99. The molecule has 0 radical (unpaired) electrons. The number of rotatable bonds is 2. The highest BCUT2D eigenvalue weighted by Crippen LogP contribution is 2.58. The van der Waals surface area contributed by atoms with Gasteiger partial charge in [-0.15, -0.1) is 0 Å². The van der Waals surface area contributed by atoms with Gasteiger partial charge in [-0.3, -0.25) is 0 Å². The Kier molecular flexibility index (Phi) is 3.14. The van der Waals surface area contributed by atoms with Gasteiger partial charge in [-0.25, -0.2) is 0 Å². The van der Waals surface area contributed by atoms with Crippen LogP contribution in [0.25, 0.3) is 0 Å². The summed E-state index contributed by atoms with van der Waals surface area (Å²) in [5.74, 6) is 3.94. The van der Waals surface area contributed by atoms with Crippen LogP contribution in [0.15, 0.2) is 0 Å². The second kappa shape index (κ2) is 4.11. The van der Waals surface area contributed by atoms with Crippen LogP contribution in [0, 0.1) is 29.1 Å². The molecule has 2 fully saturated rings. The van der Waals surface area contributed by atoms with Crippen LogP contribution in [0.3, 0.4) is 0 Å². The summed E-state index contributed by atoms with van der Waals surface area (Å²) in [6.07, 6.45) is 9.22. The molecule has 2 saturated carbocycles. The number of hydrogen-bond donors (Lipinski definition) is 0. The molecule has 2 aliphatic carbocycles. The van der Waals surface area contributed by atoms with Gasteiger partial charge in [-0.2, -0.15) is 0 Å². The molecule has 0 atom stereocenters. The van der Waals surface area contributed by atoms with Crippen LogP contribution in [0.4, 0.5) is 0 Å². The van der Waals surface area contributed by atoms with Crippen molar-refractivity contribution >= 4 is 0 Å². The summed E-state index contributed by atoms with van der Waals surface area (Å²) in [5, 5.41) is 0. The van der Waals surface area contributed by atoms with Crippen molar-refractivity contribution in [3.05, 3.63) is 0 Å². The summed E-state index contributed by atoms with van der Waals surface area (Å²) >= 11 is 0. The van der Waals surface area contributed by atoms with Gasteiger partial charge in [-0.05, 0) is 67.6 Å². The van der Waals surface area contributed by atoms with E-state index in [-0.39, 0.29) is 0 Å². The van der Waals surface area contributed by atoms with E-state index in [1.54, 1.807) is 25.7 Å². The fraction of sp³-hybridized carbons (Fsp3) is 1.00. The molecule has 0 unspecified atom stereocenters. The Bertz CT molecular complexity index is 198. The fourth-order valence-corrected chi connectivity index (χ4v) is 3.85. The zero-order valence-corrected chi connectivity index (χ0v) is 11.1. The average Bonchev–Trinajstić information content (AvgIpc) is 2.13. The first-order valence-corrected chi connectivity index (χ1v) is 7.02. The summed E-state index contributed by atoms with van der Waals surface area (Å²) < 4.78 is 0. The van der Waals surface area contributed by atoms with Crippen molar-refractivity contribution in [3.63, 3.8) is 0 Å². The predicted octanol–water partition coefficient (Wildman–Crippen LogP) is 4.89. The SMILES string of the molecule is CC(C)C1CCC2(CC1)CC(C(C)C)C2. The minimum atomic E-state index is 0.820. The lowest BCUT2D eigenvalue weighted by atomic mass is 9.52. The molecule has 0 aliphatic heterocycles. The third-order valence-electron chi connectivity index (χ3n) is 5.37. The van der Waals surface area contributed by atoms with E-state index in [2.05, 4.69) is 27.7 Å². The third kappa shape index (κ3) is 2.24. The molecule has 15 heavy (non-hydrogen) atoms. The van der Waals surface area contributed by atoms with Gasteiger partial charge in [0.05, 0.1) is 0 Å². The lowest BCUT2D eigenvalue weighted by Crippen LogP contribution is -2.42. The molecule has 0 nitrogen and oxygen atoms in total. The standard InChI is InChI=1S/C15H28/c1-11(2)13-5-7-15(8-6-13)9-14(10-15)12(3)4/h11-14H,5-10H2,1-4H3.